The van der Waals surface area contributed by atoms with Crippen LogP contribution in [0.15, 0.2) is 78.1 Å². The van der Waals surface area contributed by atoms with Gasteiger partial charge in [0.05, 0.1) is 24.9 Å². The van der Waals surface area contributed by atoms with E-state index in [1.54, 1.807) is 11.8 Å². The number of nitrogens with zero attached hydrogens (tertiary/aromatic N) is 4. The van der Waals surface area contributed by atoms with Gasteiger partial charge in [0.25, 0.3) is 0 Å². The normalized spacial score (nSPS) is 16.9. The first-order chi connectivity index (χ1) is 21.0. The van der Waals surface area contributed by atoms with Gasteiger partial charge in [-0.05, 0) is 73.8 Å². The second kappa shape index (κ2) is 13.3. The lowest BCUT2D eigenvalue weighted by molar-refractivity contribution is -0.138. The van der Waals surface area contributed by atoms with Crippen LogP contribution in [0.25, 0.3) is 10.8 Å². The van der Waals surface area contributed by atoms with Crippen molar-refractivity contribution in [3.8, 4) is 0 Å². The Morgan fingerprint density at radius 1 is 0.884 bits per heavy atom. The van der Waals surface area contributed by atoms with Crippen molar-refractivity contribution in [2.75, 3.05) is 40.3 Å². The summed E-state index contributed by atoms with van der Waals surface area (Å²) in [5, 5.41) is 3.41. The number of rotatable bonds is 8. The predicted octanol–water partition coefficient (Wildman–Crippen LogP) is 6.21. The summed E-state index contributed by atoms with van der Waals surface area (Å²) < 4.78 is 7.29. The fourth-order valence-electron chi connectivity index (χ4n) is 6.46. The number of piperidine rings is 2. The van der Waals surface area contributed by atoms with Crippen molar-refractivity contribution in [2.45, 2.75) is 49.1 Å². The standard InChI is InChI=1S/C35H40N4O3S/c1-37-18-14-27(15-19-37)33(40)38-20-16-26(17-21-38)32-23-39(22-28-11-7-10-25-8-3-5-12-30(25)28)35(36-32)43-24-29-9-4-6-13-31(29)34(41)42-2/h3-13,23,26-27H,14-22,24H2,1-2H3. The molecule has 0 spiro atoms. The second-order valence-corrected chi connectivity index (χ2v) is 12.8. The zero-order valence-corrected chi connectivity index (χ0v) is 25.9. The lowest BCUT2D eigenvalue weighted by Gasteiger charge is -2.36. The van der Waals surface area contributed by atoms with Gasteiger partial charge in [0.2, 0.25) is 5.91 Å². The number of imidazole rings is 1. The third-order valence-electron chi connectivity index (χ3n) is 9.05. The zero-order valence-electron chi connectivity index (χ0n) is 25.1. The Morgan fingerprint density at radius 2 is 1.58 bits per heavy atom. The zero-order chi connectivity index (χ0) is 29.8. The van der Waals surface area contributed by atoms with Gasteiger partial charge in [-0.25, -0.2) is 9.78 Å². The van der Waals surface area contributed by atoms with E-state index in [0.29, 0.717) is 29.7 Å². The van der Waals surface area contributed by atoms with Crippen molar-refractivity contribution < 1.29 is 14.3 Å². The van der Waals surface area contributed by atoms with Gasteiger partial charge in [0.15, 0.2) is 5.16 Å². The molecule has 2 aliphatic rings. The van der Waals surface area contributed by atoms with Crippen molar-refractivity contribution in [3.05, 3.63) is 95.3 Å². The maximum Gasteiger partial charge on any atom is 0.338 e. The van der Waals surface area contributed by atoms with Crippen LogP contribution in [-0.4, -0.2) is 71.6 Å². The molecule has 3 aromatic carbocycles. The summed E-state index contributed by atoms with van der Waals surface area (Å²) in [7, 11) is 3.55. The van der Waals surface area contributed by atoms with Crippen LogP contribution in [0.5, 0.6) is 0 Å². The van der Waals surface area contributed by atoms with E-state index < -0.39 is 0 Å². The number of aromatic nitrogens is 2. The highest BCUT2D eigenvalue weighted by molar-refractivity contribution is 7.98. The number of amides is 1. The van der Waals surface area contributed by atoms with Crippen molar-refractivity contribution in [1.82, 2.24) is 19.4 Å². The highest BCUT2D eigenvalue weighted by atomic mass is 32.2. The number of ether oxygens (including phenoxy) is 1. The molecule has 4 aromatic rings. The van der Waals surface area contributed by atoms with Crippen LogP contribution in [-0.2, 0) is 21.8 Å². The summed E-state index contributed by atoms with van der Waals surface area (Å²) in [6.07, 6.45) is 6.01. The molecule has 8 heteroatoms. The van der Waals surface area contributed by atoms with Gasteiger partial charge in [0.1, 0.15) is 0 Å². The number of carbonyl (C=O) groups is 2. The van der Waals surface area contributed by atoms with Crippen molar-refractivity contribution in [2.24, 2.45) is 5.92 Å². The van der Waals surface area contributed by atoms with Gasteiger partial charge in [-0.1, -0.05) is 72.4 Å². The molecule has 2 saturated heterocycles. The molecule has 224 valence electrons. The first-order valence-electron chi connectivity index (χ1n) is 15.3. The SMILES string of the molecule is COC(=O)c1ccccc1CSc1nc(C2CCN(C(=O)C3CCN(C)CC3)CC2)cn1Cc1cccc2ccccc12. The van der Waals surface area contributed by atoms with Gasteiger partial charge < -0.3 is 19.1 Å². The summed E-state index contributed by atoms with van der Waals surface area (Å²) in [5.74, 6) is 1.12. The van der Waals surface area contributed by atoms with Crippen molar-refractivity contribution in [1.29, 1.82) is 0 Å². The van der Waals surface area contributed by atoms with E-state index in [-0.39, 0.29) is 11.9 Å². The Hall–Kier alpha value is -3.62. The second-order valence-electron chi connectivity index (χ2n) is 11.8. The summed E-state index contributed by atoms with van der Waals surface area (Å²) in [6.45, 7) is 4.31. The van der Waals surface area contributed by atoms with E-state index in [9.17, 15) is 9.59 Å². The molecule has 0 aliphatic carbocycles. The minimum atomic E-state index is -0.322. The first kappa shape index (κ1) is 29.5. The molecule has 0 bridgehead atoms. The molecule has 43 heavy (non-hydrogen) atoms. The smallest absolute Gasteiger partial charge is 0.338 e. The fourth-order valence-corrected chi connectivity index (χ4v) is 7.45. The number of hydrogen-bond donors (Lipinski definition) is 0. The van der Waals surface area contributed by atoms with Crippen LogP contribution >= 0.6 is 11.8 Å². The molecule has 1 amide bonds. The van der Waals surface area contributed by atoms with Gasteiger partial charge >= 0.3 is 5.97 Å². The number of thioether (sulfide) groups is 1. The van der Waals surface area contributed by atoms with E-state index >= 15 is 0 Å². The number of likely N-dealkylation sites (tertiary alicyclic amines) is 2. The molecular formula is C35H40N4O3S. The molecule has 0 unspecified atom stereocenters. The topological polar surface area (TPSA) is 67.7 Å². The molecule has 0 atom stereocenters. The van der Waals surface area contributed by atoms with E-state index in [1.165, 1.54) is 23.4 Å². The lowest BCUT2D eigenvalue weighted by Crippen LogP contribution is -2.44. The highest BCUT2D eigenvalue weighted by Gasteiger charge is 2.31. The lowest BCUT2D eigenvalue weighted by atomic mass is 9.91. The fraction of sp³-hybridized carbons (Fsp3) is 0.400. The number of benzene rings is 3. The van der Waals surface area contributed by atoms with Crippen LogP contribution in [0.2, 0.25) is 0 Å². The number of carbonyl (C=O) groups excluding carboxylic acids is 2. The largest absolute Gasteiger partial charge is 0.465 e. The number of hydrogen-bond acceptors (Lipinski definition) is 6. The summed E-state index contributed by atoms with van der Waals surface area (Å²) in [5.41, 5.74) is 3.86. The maximum absolute atomic E-state index is 13.2. The van der Waals surface area contributed by atoms with Crippen LogP contribution in [0.3, 0.4) is 0 Å². The monoisotopic (exact) mass is 596 g/mol. The Labute approximate surface area is 258 Å². The summed E-state index contributed by atoms with van der Waals surface area (Å²) in [4.78, 5) is 35.2. The highest BCUT2D eigenvalue weighted by Crippen LogP contribution is 2.33. The molecule has 2 fully saturated rings. The molecule has 2 aliphatic heterocycles. The molecule has 0 radical (unpaired) electrons. The number of fused-ring (bicyclic) bond motifs is 1. The van der Waals surface area contributed by atoms with Crippen molar-refractivity contribution in [3.63, 3.8) is 0 Å². The van der Waals surface area contributed by atoms with Crippen LogP contribution in [0.1, 0.15) is 58.8 Å². The Balaban J connectivity index is 1.22. The minimum Gasteiger partial charge on any atom is -0.465 e. The molecule has 0 N–H and O–H groups in total. The molecule has 7 nitrogen and oxygen atoms in total. The van der Waals surface area contributed by atoms with Crippen LogP contribution < -0.4 is 0 Å². The Morgan fingerprint density at radius 3 is 2.37 bits per heavy atom. The minimum absolute atomic E-state index is 0.170. The average molecular weight is 597 g/mol. The summed E-state index contributed by atoms with van der Waals surface area (Å²) >= 11 is 1.65. The Bertz CT molecular complexity index is 1580. The van der Waals surface area contributed by atoms with E-state index in [0.717, 1.165) is 68.3 Å². The van der Waals surface area contributed by atoms with E-state index in [1.807, 2.05) is 24.3 Å². The molecule has 3 heterocycles. The number of esters is 1. The molecular weight excluding hydrogens is 556 g/mol. The van der Waals surface area contributed by atoms with Crippen LogP contribution in [0.4, 0.5) is 0 Å². The molecule has 6 rings (SSSR count). The average Bonchev–Trinajstić information content (AvgIpc) is 3.46. The van der Waals surface area contributed by atoms with Crippen LogP contribution in [0, 0.1) is 5.92 Å². The molecule has 0 saturated carbocycles. The molecule has 1 aromatic heterocycles. The van der Waals surface area contributed by atoms with Gasteiger partial charge in [0, 0.05) is 36.9 Å². The summed E-state index contributed by atoms with van der Waals surface area (Å²) in [6, 6.07) is 22.6. The van der Waals surface area contributed by atoms with Crippen molar-refractivity contribution >= 4 is 34.4 Å². The van der Waals surface area contributed by atoms with Gasteiger partial charge in [-0.15, -0.1) is 0 Å². The third kappa shape index (κ3) is 6.65. The number of methoxy groups -OCH3 is 1. The van der Waals surface area contributed by atoms with Gasteiger partial charge in [-0.3, -0.25) is 4.79 Å². The maximum atomic E-state index is 13.2. The quantitative estimate of drug-likeness (QED) is 0.178. The third-order valence-corrected chi connectivity index (χ3v) is 10.1. The first-order valence-corrected chi connectivity index (χ1v) is 16.3. The van der Waals surface area contributed by atoms with E-state index in [2.05, 4.69) is 70.1 Å². The van der Waals surface area contributed by atoms with E-state index in [4.69, 9.17) is 9.72 Å². The Kier molecular flexibility index (Phi) is 9.14. The van der Waals surface area contributed by atoms with Gasteiger partial charge in [-0.2, -0.15) is 0 Å². The predicted molar refractivity (Wildman–Crippen MR) is 171 cm³/mol.